The Hall–Kier alpha value is -1.74. The van der Waals surface area contributed by atoms with Crippen molar-refractivity contribution in [2.24, 2.45) is 0 Å². The molecule has 0 bridgehead atoms. The van der Waals surface area contributed by atoms with Gasteiger partial charge in [-0.2, -0.15) is 0 Å². The predicted octanol–water partition coefficient (Wildman–Crippen LogP) is 7.10. The molecule has 0 radical (unpaired) electrons. The molecule has 0 aromatic heterocycles. The third kappa shape index (κ3) is 9.14. The molecule has 2 rings (SSSR count). The lowest BCUT2D eigenvalue weighted by atomic mass is 10.0. The van der Waals surface area contributed by atoms with E-state index in [1.165, 1.54) is 55.4 Å². The van der Waals surface area contributed by atoms with Crippen molar-refractivity contribution in [3.05, 3.63) is 71.8 Å². The van der Waals surface area contributed by atoms with Crippen molar-refractivity contribution in [3.63, 3.8) is 0 Å². The van der Waals surface area contributed by atoms with Crippen molar-refractivity contribution < 1.29 is 9.90 Å². The summed E-state index contributed by atoms with van der Waals surface area (Å²) in [4.78, 5) is 10.5. The first-order valence-electron chi connectivity index (χ1n) is 10.2. The number of aliphatic carboxylic acids is 1. The van der Waals surface area contributed by atoms with E-state index < -0.39 is 5.97 Å². The molecule has 0 unspecified atom stereocenters. The Morgan fingerprint density at radius 1 is 0.704 bits per heavy atom. The lowest BCUT2D eigenvalue weighted by Crippen LogP contribution is -1.98. The molecule has 146 valence electrons. The molecule has 0 heterocycles. The fraction of sp³-hybridized carbons (Fsp3) is 0.458. The Bertz CT molecular complexity index is 588. The van der Waals surface area contributed by atoms with E-state index in [1.807, 2.05) is 11.8 Å². The molecule has 0 aliphatic heterocycles. The number of unbranched alkanes of at least 4 members (excludes halogenated alkanes) is 7. The maximum absolute atomic E-state index is 10.5. The molecule has 0 aliphatic rings. The maximum atomic E-state index is 10.5. The standard InChI is InChI=1S/C24H32O2S/c25-23(26)19-13-5-3-1-2-4-6-14-20-27-24(21-15-9-7-10-16-21)22-17-11-8-12-18-22/h7-12,15-18,24H,1-6,13-14,19-20H2,(H,25,26). The summed E-state index contributed by atoms with van der Waals surface area (Å²) >= 11 is 2.05. The van der Waals surface area contributed by atoms with Crippen molar-refractivity contribution in [1.29, 1.82) is 0 Å². The van der Waals surface area contributed by atoms with Gasteiger partial charge in [0.15, 0.2) is 0 Å². The summed E-state index contributed by atoms with van der Waals surface area (Å²) in [5, 5.41) is 9.04. The average molecular weight is 385 g/mol. The second-order valence-corrected chi connectivity index (χ2v) is 8.26. The van der Waals surface area contributed by atoms with E-state index in [2.05, 4.69) is 60.7 Å². The summed E-state index contributed by atoms with van der Waals surface area (Å²) < 4.78 is 0. The Labute approximate surface area is 168 Å². The number of hydrogen-bond acceptors (Lipinski definition) is 2. The minimum absolute atomic E-state index is 0.321. The van der Waals surface area contributed by atoms with Crippen LogP contribution in [-0.2, 0) is 4.79 Å². The second kappa shape index (κ2) is 13.4. The quantitative estimate of drug-likeness (QED) is 0.353. The molecular weight excluding hydrogens is 352 g/mol. The first kappa shape index (κ1) is 21.6. The Balaban J connectivity index is 1.62. The molecule has 27 heavy (non-hydrogen) atoms. The van der Waals surface area contributed by atoms with Crippen LogP contribution in [-0.4, -0.2) is 16.8 Å². The van der Waals surface area contributed by atoms with Gasteiger partial charge in [-0.15, -0.1) is 11.8 Å². The Kier molecular flexibility index (Phi) is 10.7. The van der Waals surface area contributed by atoms with Crippen molar-refractivity contribution in [2.45, 2.75) is 63.0 Å². The van der Waals surface area contributed by atoms with Crippen LogP contribution >= 0.6 is 11.8 Å². The summed E-state index contributed by atoms with van der Waals surface area (Å²) in [5.41, 5.74) is 2.77. The highest BCUT2D eigenvalue weighted by Gasteiger charge is 2.13. The first-order valence-corrected chi connectivity index (χ1v) is 11.3. The zero-order valence-electron chi connectivity index (χ0n) is 16.2. The zero-order valence-corrected chi connectivity index (χ0v) is 17.0. The van der Waals surface area contributed by atoms with Gasteiger partial charge >= 0.3 is 5.97 Å². The molecule has 3 heteroatoms. The molecule has 2 nitrogen and oxygen atoms in total. The predicted molar refractivity (Wildman–Crippen MR) is 116 cm³/mol. The van der Waals surface area contributed by atoms with Crippen LogP contribution < -0.4 is 0 Å². The fourth-order valence-corrected chi connectivity index (χ4v) is 4.59. The minimum atomic E-state index is -0.670. The summed E-state index contributed by atoms with van der Waals surface area (Å²) in [7, 11) is 0. The first-order chi connectivity index (χ1) is 13.3. The van der Waals surface area contributed by atoms with Gasteiger partial charge in [0, 0.05) is 6.42 Å². The number of rotatable bonds is 14. The van der Waals surface area contributed by atoms with Crippen LogP contribution in [0.3, 0.4) is 0 Å². The van der Waals surface area contributed by atoms with Gasteiger partial charge in [0.05, 0.1) is 5.25 Å². The molecule has 0 saturated carbocycles. The largest absolute Gasteiger partial charge is 0.481 e. The number of benzene rings is 2. The van der Waals surface area contributed by atoms with E-state index >= 15 is 0 Å². The van der Waals surface area contributed by atoms with Gasteiger partial charge in [-0.25, -0.2) is 0 Å². The third-order valence-corrected chi connectivity index (χ3v) is 6.18. The fourth-order valence-electron chi connectivity index (χ4n) is 3.28. The van der Waals surface area contributed by atoms with Crippen molar-refractivity contribution >= 4 is 17.7 Å². The SMILES string of the molecule is O=C(O)CCCCCCCCCCSC(c1ccccc1)c1ccccc1. The van der Waals surface area contributed by atoms with Crippen LogP contribution in [0.2, 0.25) is 0 Å². The summed E-state index contributed by atoms with van der Waals surface area (Å²) in [6.45, 7) is 0. The van der Waals surface area contributed by atoms with E-state index in [-0.39, 0.29) is 0 Å². The van der Waals surface area contributed by atoms with E-state index in [0.717, 1.165) is 12.8 Å². The molecule has 2 aromatic rings. The molecule has 0 atom stereocenters. The highest BCUT2D eigenvalue weighted by Crippen LogP contribution is 2.36. The van der Waals surface area contributed by atoms with Gasteiger partial charge in [0.2, 0.25) is 0 Å². The summed E-state index contributed by atoms with van der Waals surface area (Å²) in [6, 6.07) is 21.6. The van der Waals surface area contributed by atoms with Crippen LogP contribution in [0.4, 0.5) is 0 Å². The molecule has 2 aromatic carbocycles. The van der Waals surface area contributed by atoms with Gasteiger partial charge < -0.3 is 5.11 Å². The van der Waals surface area contributed by atoms with Gasteiger partial charge in [-0.3, -0.25) is 4.79 Å². The minimum Gasteiger partial charge on any atom is -0.481 e. The Morgan fingerprint density at radius 3 is 1.63 bits per heavy atom. The average Bonchev–Trinajstić information content (AvgIpc) is 2.70. The number of thioether (sulfide) groups is 1. The molecule has 1 N–H and O–H groups in total. The normalized spacial score (nSPS) is 11.0. The number of carboxylic acids is 1. The zero-order chi connectivity index (χ0) is 19.2. The lowest BCUT2D eigenvalue weighted by molar-refractivity contribution is -0.137. The van der Waals surface area contributed by atoms with Crippen LogP contribution in [0.5, 0.6) is 0 Å². The van der Waals surface area contributed by atoms with Crippen molar-refractivity contribution in [1.82, 2.24) is 0 Å². The number of carbonyl (C=O) groups is 1. The van der Waals surface area contributed by atoms with Crippen LogP contribution in [0.1, 0.15) is 74.2 Å². The molecule has 0 fully saturated rings. The van der Waals surface area contributed by atoms with E-state index in [9.17, 15) is 4.79 Å². The van der Waals surface area contributed by atoms with Crippen LogP contribution in [0.15, 0.2) is 60.7 Å². The highest BCUT2D eigenvalue weighted by atomic mass is 32.2. The molecular formula is C24H32O2S. The van der Waals surface area contributed by atoms with Gasteiger partial charge in [0.25, 0.3) is 0 Å². The summed E-state index contributed by atoms with van der Waals surface area (Å²) in [6.07, 6.45) is 9.73. The second-order valence-electron chi connectivity index (χ2n) is 7.04. The van der Waals surface area contributed by atoms with Crippen molar-refractivity contribution in [3.8, 4) is 0 Å². The van der Waals surface area contributed by atoms with E-state index in [4.69, 9.17) is 5.11 Å². The van der Waals surface area contributed by atoms with Crippen LogP contribution in [0, 0.1) is 0 Å². The van der Waals surface area contributed by atoms with E-state index in [1.54, 1.807) is 0 Å². The number of hydrogen-bond donors (Lipinski definition) is 1. The summed E-state index contributed by atoms with van der Waals surface area (Å²) in [5.74, 6) is 0.518. The van der Waals surface area contributed by atoms with Crippen LogP contribution in [0.25, 0.3) is 0 Å². The highest BCUT2D eigenvalue weighted by molar-refractivity contribution is 7.99. The van der Waals surface area contributed by atoms with Gasteiger partial charge in [-0.05, 0) is 29.7 Å². The topological polar surface area (TPSA) is 37.3 Å². The lowest BCUT2D eigenvalue weighted by Gasteiger charge is -2.17. The van der Waals surface area contributed by atoms with E-state index in [0.29, 0.717) is 11.7 Å². The monoisotopic (exact) mass is 384 g/mol. The smallest absolute Gasteiger partial charge is 0.303 e. The molecule has 0 spiro atoms. The van der Waals surface area contributed by atoms with Gasteiger partial charge in [-0.1, -0.05) is 99.2 Å². The number of carboxylic acid groups (broad SMARTS) is 1. The maximum Gasteiger partial charge on any atom is 0.303 e. The molecule has 0 amide bonds. The third-order valence-electron chi connectivity index (χ3n) is 4.77. The molecule has 0 aliphatic carbocycles. The molecule has 0 saturated heterocycles. The Morgan fingerprint density at radius 2 is 1.15 bits per heavy atom. The van der Waals surface area contributed by atoms with Gasteiger partial charge in [0.1, 0.15) is 0 Å². The van der Waals surface area contributed by atoms with Crippen molar-refractivity contribution in [2.75, 3.05) is 5.75 Å².